The molecule has 0 amide bonds. The first-order valence-electron chi connectivity index (χ1n) is 9.16. The molecule has 0 bridgehead atoms. The van der Waals surface area contributed by atoms with E-state index in [1.54, 1.807) is 24.5 Å². The summed E-state index contributed by atoms with van der Waals surface area (Å²) < 4.78 is 43.6. The Bertz CT molecular complexity index is 1220. The van der Waals surface area contributed by atoms with E-state index >= 15 is 0 Å². The number of rotatable bonds is 5. The van der Waals surface area contributed by atoms with Gasteiger partial charge in [-0.1, -0.05) is 25.1 Å². The summed E-state index contributed by atoms with van der Waals surface area (Å²) in [7, 11) is 0. The summed E-state index contributed by atoms with van der Waals surface area (Å²) in [6.07, 6.45) is -1.42. The minimum atomic E-state index is -4.74. The van der Waals surface area contributed by atoms with Gasteiger partial charge in [-0.15, -0.1) is 18.3 Å². The number of nitrogens with zero attached hydrogens (tertiary/aromatic N) is 4. The van der Waals surface area contributed by atoms with Gasteiger partial charge in [-0.3, -0.25) is 4.98 Å². The number of ether oxygens (including phenoxy) is 1. The quantitative estimate of drug-likeness (QED) is 0.490. The van der Waals surface area contributed by atoms with Crippen molar-refractivity contribution in [2.75, 3.05) is 0 Å². The Morgan fingerprint density at radius 1 is 1.03 bits per heavy atom. The number of hydrogen-bond donors (Lipinski definition) is 0. The first-order chi connectivity index (χ1) is 14.3. The first kappa shape index (κ1) is 19.7. The summed E-state index contributed by atoms with van der Waals surface area (Å²) in [5, 5.41) is 4.36. The highest BCUT2D eigenvalue weighted by Crippen LogP contribution is 2.26. The third-order valence-corrected chi connectivity index (χ3v) is 4.64. The molecule has 1 atom stereocenters. The van der Waals surface area contributed by atoms with Crippen LogP contribution in [0, 0.1) is 0 Å². The Hall–Kier alpha value is -3.62. The van der Waals surface area contributed by atoms with Crippen molar-refractivity contribution in [3.63, 3.8) is 0 Å². The Morgan fingerprint density at radius 2 is 1.77 bits per heavy atom. The standard InChI is InChI=1S/C21H17F3N4O2/c1-14(18-4-2-3-11-25-18)12-28-20(29)27-13-16(7-10-19(27)26-28)15-5-8-17(9-6-15)30-21(22,23)24/h2-11,13-14H,12H2,1H3. The van der Waals surface area contributed by atoms with Crippen molar-refractivity contribution in [2.24, 2.45) is 0 Å². The molecule has 0 aliphatic heterocycles. The van der Waals surface area contributed by atoms with Crippen LogP contribution in [0.15, 0.2) is 71.8 Å². The normalized spacial score (nSPS) is 12.8. The maximum atomic E-state index is 12.8. The molecule has 0 radical (unpaired) electrons. The maximum absolute atomic E-state index is 12.8. The lowest BCUT2D eigenvalue weighted by atomic mass is 10.1. The Labute approximate surface area is 169 Å². The highest BCUT2D eigenvalue weighted by atomic mass is 19.4. The average Bonchev–Trinajstić information content (AvgIpc) is 3.03. The molecule has 0 aliphatic carbocycles. The van der Waals surface area contributed by atoms with E-state index in [2.05, 4.69) is 14.8 Å². The van der Waals surface area contributed by atoms with Gasteiger partial charge < -0.3 is 4.74 Å². The summed E-state index contributed by atoms with van der Waals surface area (Å²) in [5.41, 5.74) is 2.36. The van der Waals surface area contributed by atoms with E-state index in [1.807, 2.05) is 25.1 Å². The monoisotopic (exact) mass is 414 g/mol. The fourth-order valence-electron chi connectivity index (χ4n) is 3.18. The second kappa shape index (κ2) is 7.66. The summed E-state index contributed by atoms with van der Waals surface area (Å²) in [6, 6.07) is 14.5. The van der Waals surface area contributed by atoms with Crippen molar-refractivity contribution in [3.8, 4) is 16.9 Å². The molecule has 0 N–H and O–H groups in total. The van der Waals surface area contributed by atoms with E-state index < -0.39 is 6.36 Å². The number of alkyl halides is 3. The van der Waals surface area contributed by atoms with E-state index in [0.717, 1.165) is 5.69 Å². The van der Waals surface area contributed by atoms with Gasteiger partial charge in [-0.05, 0) is 47.5 Å². The number of fused-ring (bicyclic) bond motifs is 1. The molecule has 0 saturated heterocycles. The van der Waals surface area contributed by atoms with Crippen LogP contribution in [-0.2, 0) is 6.54 Å². The number of halogens is 3. The van der Waals surface area contributed by atoms with Crippen LogP contribution in [-0.4, -0.2) is 25.5 Å². The van der Waals surface area contributed by atoms with Crippen molar-refractivity contribution in [2.45, 2.75) is 25.7 Å². The van der Waals surface area contributed by atoms with Gasteiger partial charge >= 0.3 is 12.1 Å². The summed E-state index contributed by atoms with van der Waals surface area (Å²) in [6.45, 7) is 2.34. The van der Waals surface area contributed by atoms with Crippen molar-refractivity contribution < 1.29 is 17.9 Å². The molecule has 4 rings (SSSR count). The van der Waals surface area contributed by atoms with Crippen molar-refractivity contribution in [1.82, 2.24) is 19.2 Å². The molecule has 4 aromatic rings. The van der Waals surface area contributed by atoms with Crippen LogP contribution in [0.2, 0.25) is 0 Å². The van der Waals surface area contributed by atoms with Gasteiger partial charge in [0.2, 0.25) is 0 Å². The SMILES string of the molecule is CC(Cn1nc2ccc(-c3ccc(OC(F)(F)F)cc3)cn2c1=O)c1ccccn1. The van der Waals surface area contributed by atoms with Crippen molar-refractivity contribution in [1.29, 1.82) is 0 Å². The van der Waals surface area contributed by atoms with E-state index in [-0.39, 0.29) is 17.4 Å². The van der Waals surface area contributed by atoms with Gasteiger partial charge in [0, 0.05) is 24.0 Å². The second-order valence-corrected chi connectivity index (χ2v) is 6.84. The maximum Gasteiger partial charge on any atom is 0.573 e. The summed E-state index contributed by atoms with van der Waals surface area (Å²) in [4.78, 5) is 17.1. The van der Waals surface area contributed by atoms with Crippen LogP contribution in [0.25, 0.3) is 16.8 Å². The van der Waals surface area contributed by atoms with Crippen LogP contribution in [0.4, 0.5) is 13.2 Å². The average molecular weight is 414 g/mol. The van der Waals surface area contributed by atoms with Gasteiger partial charge in [0.1, 0.15) is 5.75 Å². The molecule has 30 heavy (non-hydrogen) atoms. The van der Waals surface area contributed by atoms with Crippen molar-refractivity contribution >= 4 is 5.65 Å². The Kier molecular flexibility index (Phi) is 5.03. The zero-order chi connectivity index (χ0) is 21.3. The fraction of sp³-hybridized carbons (Fsp3) is 0.190. The molecule has 1 unspecified atom stereocenters. The first-order valence-corrected chi connectivity index (χ1v) is 9.16. The highest BCUT2D eigenvalue weighted by Gasteiger charge is 2.31. The Morgan fingerprint density at radius 3 is 2.43 bits per heavy atom. The molecule has 0 fully saturated rings. The number of hydrogen-bond acceptors (Lipinski definition) is 4. The molecule has 1 aromatic carbocycles. The minimum Gasteiger partial charge on any atom is -0.406 e. The molecule has 0 spiro atoms. The van der Waals surface area contributed by atoms with Gasteiger partial charge in [-0.2, -0.15) is 0 Å². The van der Waals surface area contributed by atoms with Gasteiger partial charge in [0.15, 0.2) is 5.65 Å². The Balaban J connectivity index is 1.60. The minimum absolute atomic E-state index is 0.00513. The van der Waals surface area contributed by atoms with E-state index in [1.165, 1.54) is 33.3 Å². The third-order valence-electron chi connectivity index (χ3n) is 4.64. The highest BCUT2D eigenvalue weighted by molar-refractivity contribution is 5.65. The van der Waals surface area contributed by atoms with Gasteiger partial charge in [-0.25, -0.2) is 13.9 Å². The van der Waals surface area contributed by atoms with Crippen LogP contribution >= 0.6 is 0 Å². The van der Waals surface area contributed by atoms with Gasteiger partial charge in [0.25, 0.3) is 0 Å². The van der Waals surface area contributed by atoms with E-state index in [4.69, 9.17) is 0 Å². The number of benzene rings is 1. The molecule has 3 heterocycles. The van der Waals surface area contributed by atoms with E-state index in [9.17, 15) is 18.0 Å². The van der Waals surface area contributed by atoms with Crippen LogP contribution in [0.1, 0.15) is 18.5 Å². The third kappa shape index (κ3) is 4.19. The summed E-state index contributed by atoms with van der Waals surface area (Å²) >= 11 is 0. The largest absolute Gasteiger partial charge is 0.573 e. The van der Waals surface area contributed by atoms with Crippen LogP contribution in [0.5, 0.6) is 5.75 Å². The summed E-state index contributed by atoms with van der Waals surface area (Å²) in [5.74, 6) is -0.310. The smallest absolute Gasteiger partial charge is 0.406 e. The molecule has 0 saturated carbocycles. The lowest BCUT2D eigenvalue weighted by Gasteiger charge is -2.09. The predicted octanol–water partition coefficient (Wildman–Crippen LogP) is 4.26. The number of aromatic nitrogens is 4. The lowest BCUT2D eigenvalue weighted by molar-refractivity contribution is -0.274. The lowest BCUT2D eigenvalue weighted by Crippen LogP contribution is -2.23. The molecule has 9 heteroatoms. The zero-order valence-corrected chi connectivity index (χ0v) is 15.9. The van der Waals surface area contributed by atoms with E-state index in [0.29, 0.717) is 23.3 Å². The molecular weight excluding hydrogens is 397 g/mol. The van der Waals surface area contributed by atoms with Gasteiger partial charge in [0.05, 0.1) is 6.54 Å². The zero-order valence-electron chi connectivity index (χ0n) is 15.9. The topological polar surface area (TPSA) is 61.4 Å². The second-order valence-electron chi connectivity index (χ2n) is 6.84. The predicted molar refractivity (Wildman–Crippen MR) is 104 cm³/mol. The van der Waals surface area contributed by atoms with Crippen LogP contribution in [0.3, 0.4) is 0 Å². The number of pyridine rings is 2. The molecule has 0 aliphatic rings. The molecule has 154 valence electrons. The molecule has 3 aromatic heterocycles. The molecular formula is C21H17F3N4O2. The molecule has 6 nitrogen and oxygen atoms in total. The fourth-order valence-corrected chi connectivity index (χ4v) is 3.18. The van der Waals surface area contributed by atoms with Crippen molar-refractivity contribution in [3.05, 3.63) is 83.2 Å². The van der Waals surface area contributed by atoms with Crippen LogP contribution < -0.4 is 10.4 Å².